The third-order valence-electron chi connectivity index (χ3n) is 5.83. The Balaban J connectivity index is 0.00000289. The van der Waals surface area contributed by atoms with Gasteiger partial charge in [-0.05, 0) is 36.6 Å². The van der Waals surface area contributed by atoms with Gasteiger partial charge in [0.1, 0.15) is 28.8 Å². The second-order valence-corrected chi connectivity index (χ2v) is 8.29. The van der Waals surface area contributed by atoms with Crippen molar-refractivity contribution in [2.45, 2.75) is 25.4 Å². The third-order valence-corrected chi connectivity index (χ3v) is 6.20. The maximum Gasteiger partial charge on any atom is 0.331 e. The predicted molar refractivity (Wildman–Crippen MR) is 124 cm³/mol. The highest BCUT2D eigenvalue weighted by Gasteiger charge is 2.29. The Kier molecular flexibility index (Phi) is 6.69. The Morgan fingerprint density at radius 2 is 1.97 bits per heavy atom. The molecule has 0 unspecified atom stereocenters. The van der Waals surface area contributed by atoms with Gasteiger partial charge in [0, 0.05) is 38.2 Å². The Bertz CT molecular complexity index is 1350. The second-order valence-electron chi connectivity index (χ2n) is 7.88. The van der Waals surface area contributed by atoms with E-state index in [2.05, 4.69) is 6.07 Å². The van der Waals surface area contributed by atoms with Crippen molar-refractivity contribution in [2.24, 2.45) is 19.8 Å². The maximum absolute atomic E-state index is 13.9. The largest absolute Gasteiger partial charge is 0.355 e. The summed E-state index contributed by atoms with van der Waals surface area (Å²) in [5, 5.41) is 10.4. The van der Waals surface area contributed by atoms with Gasteiger partial charge in [-0.3, -0.25) is 13.9 Å². The summed E-state index contributed by atoms with van der Waals surface area (Å²) >= 11 is 6.31. The zero-order valence-corrected chi connectivity index (χ0v) is 19.2. The van der Waals surface area contributed by atoms with Crippen molar-refractivity contribution in [3.63, 3.8) is 0 Å². The molecule has 32 heavy (non-hydrogen) atoms. The standard InChI is InChI=1S/C21H22ClFN6O2.ClH/c1-26-17-15(9-24)19(28-7-3-4-14(25)11-28)29(18(17)20(30)27(2)21(26)31)10-12-8-13(23)5-6-16(12)22;/h5-6,8,14H,3-4,7,10-11,25H2,1-2H3;1H/t14-;/m0./s1. The molecule has 0 radical (unpaired) electrons. The first kappa shape index (κ1) is 23.9. The van der Waals surface area contributed by atoms with Gasteiger partial charge < -0.3 is 15.2 Å². The molecule has 3 heterocycles. The lowest BCUT2D eigenvalue weighted by Gasteiger charge is -2.33. The molecule has 1 saturated heterocycles. The molecule has 0 amide bonds. The van der Waals surface area contributed by atoms with Crippen LogP contribution in [0.3, 0.4) is 0 Å². The van der Waals surface area contributed by atoms with Gasteiger partial charge in [0.25, 0.3) is 5.56 Å². The summed E-state index contributed by atoms with van der Waals surface area (Å²) < 4.78 is 17.9. The first-order valence-electron chi connectivity index (χ1n) is 9.91. The molecule has 8 nitrogen and oxygen atoms in total. The van der Waals surface area contributed by atoms with Gasteiger partial charge in [-0.2, -0.15) is 5.26 Å². The van der Waals surface area contributed by atoms with E-state index in [1.165, 1.54) is 36.9 Å². The smallest absolute Gasteiger partial charge is 0.331 e. The van der Waals surface area contributed by atoms with Gasteiger partial charge in [0.15, 0.2) is 0 Å². The van der Waals surface area contributed by atoms with Crippen LogP contribution in [0.25, 0.3) is 11.0 Å². The zero-order valence-electron chi connectivity index (χ0n) is 17.6. The van der Waals surface area contributed by atoms with Gasteiger partial charge in [-0.25, -0.2) is 9.18 Å². The van der Waals surface area contributed by atoms with E-state index in [0.29, 0.717) is 29.5 Å². The van der Waals surface area contributed by atoms with Crippen LogP contribution < -0.4 is 21.9 Å². The number of rotatable bonds is 3. The highest BCUT2D eigenvalue weighted by atomic mass is 35.5. The second kappa shape index (κ2) is 8.98. The topological polar surface area (TPSA) is 102 Å². The molecule has 11 heteroatoms. The molecule has 0 aliphatic carbocycles. The number of nitrogens with two attached hydrogens (primary N) is 1. The summed E-state index contributed by atoms with van der Waals surface area (Å²) in [6, 6.07) is 6.11. The van der Waals surface area contributed by atoms with Crippen LogP contribution in [0.4, 0.5) is 10.2 Å². The molecule has 0 spiro atoms. The number of anilines is 1. The van der Waals surface area contributed by atoms with Gasteiger partial charge in [0.2, 0.25) is 0 Å². The van der Waals surface area contributed by atoms with Crippen molar-refractivity contribution in [1.29, 1.82) is 5.26 Å². The number of nitriles is 1. The number of hydrogen-bond donors (Lipinski definition) is 1. The Morgan fingerprint density at radius 1 is 1.25 bits per heavy atom. The van der Waals surface area contributed by atoms with E-state index in [1.807, 2.05) is 4.90 Å². The number of nitrogens with zero attached hydrogens (tertiary/aromatic N) is 5. The summed E-state index contributed by atoms with van der Waals surface area (Å²) in [6.07, 6.45) is 1.68. The number of aromatic nitrogens is 3. The Labute approximate surface area is 194 Å². The fraction of sp³-hybridized carbons (Fsp3) is 0.381. The molecule has 1 aromatic carbocycles. The number of aryl methyl sites for hydroxylation is 1. The molecule has 2 aromatic heterocycles. The summed E-state index contributed by atoms with van der Waals surface area (Å²) in [5.74, 6) is 0.0319. The lowest BCUT2D eigenvalue weighted by molar-refractivity contribution is 0.498. The number of hydrogen-bond acceptors (Lipinski definition) is 5. The molecule has 1 fully saturated rings. The third kappa shape index (κ3) is 3.79. The Morgan fingerprint density at radius 3 is 2.62 bits per heavy atom. The molecular formula is C21H23Cl2FN6O2. The average Bonchev–Trinajstić information content (AvgIpc) is 3.07. The number of fused-ring (bicyclic) bond motifs is 1. The minimum absolute atomic E-state index is 0. The van der Waals surface area contributed by atoms with Crippen LogP contribution in [0, 0.1) is 17.1 Å². The van der Waals surface area contributed by atoms with Gasteiger partial charge in [-0.1, -0.05) is 11.6 Å². The molecule has 0 saturated carbocycles. The van der Waals surface area contributed by atoms with Crippen LogP contribution in [0.1, 0.15) is 24.0 Å². The molecule has 4 rings (SSSR count). The molecule has 1 aliphatic heterocycles. The van der Waals surface area contributed by atoms with Gasteiger partial charge in [-0.15, -0.1) is 12.4 Å². The van der Waals surface area contributed by atoms with E-state index in [9.17, 15) is 19.2 Å². The molecule has 0 bridgehead atoms. The molecule has 2 N–H and O–H groups in total. The van der Waals surface area contributed by atoms with Gasteiger partial charge >= 0.3 is 5.69 Å². The monoisotopic (exact) mass is 480 g/mol. The molecule has 170 valence electrons. The van der Waals surface area contributed by atoms with Crippen LogP contribution in [0.15, 0.2) is 27.8 Å². The van der Waals surface area contributed by atoms with Crippen molar-refractivity contribution in [3.05, 3.63) is 61.0 Å². The molecular weight excluding hydrogens is 458 g/mol. The van der Waals surface area contributed by atoms with Crippen molar-refractivity contribution < 1.29 is 4.39 Å². The van der Waals surface area contributed by atoms with Crippen LogP contribution in [-0.2, 0) is 20.6 Å². The molecule has 3 aromatic rings. The van der Waals surface area contributed by atoms with Crippen molar-refractivity contribution in [1.82, 2.24) is 13.7 Å². The Hall–Kier alpha value is -2.80. The lowest BCUT2D eigenvalue weighted by Crippen LogP contribution is -2.44. The summed E-state index contributed by atoms with van der Waals surface area (Å²) in [5.41, 5.74) is 6.23. The maximum atomic E-state index is 13.9. The van der Waals surface area contributed by atoms with E-state index < -0.39 is 17.1 Å². The SMILES string of the molecule is Cl.Cn1c(=O)c2c(c(C#N)c(N3CCC[C@H](N)C3)n2Cc2cc(F)ccc2Cl)n(C)c1=O. The minimum atomic E-state index is -0.533. The van der Waals surface area contributed by atoms with Crippen LogP contribution in [0.5, 0.6) is 0 Å². The van der Waals surface area contributed by atoms with E-state index in [0.717, 1.165) is 17.4 Å². The summed E-state index contributed by atoms with van der Waals surface area (Å²) in [4.78, 5) is 27.7. The molecule has 1 aliphatic rings. The quantitative estimate of drug-likeness (QED) is 0.618. The minimum Gasteiger partial charge on any atom is -0.355 e. The fourth-order valence-corrected chi connectivity index (χ4v) is 4.50. The normalized spacial score (nSPS) is 16.1. The van der Waals surface area contributed by atoms with Crippen molar-refractivity contribution in [2.75, 3.05) is 18.0 Å². The van der Waals surface area contributed by atoms with Crippen LogP contribution in [0.2, 0.25) is 5.02 Å². The first-order chi connectivity index (χ1) is 14.7. The zero-order chi connectivity index (χ0) is 22.4. The van der Waals surface area contributed by atoms with E-state index in [4.69, 9.17) is 17.3 Å². The number of piperidine rings is 1. The summed E-state index contributed by atoms with van der Waals surface area (Å²) in [7, 11) is 2.91. The van der Waals surface area contributed by atoms with Crippen molar-refractivity contribution >= 4 is 40.9 Å². The van der Waals surface area contributed by atoms with E-state index in [1.54, 1.807) is 4.57 Å². The van der Waals surface area contributed by atoms with E-state index in [-0.39, 0.29) is 41.6 Å². The highest BCUT2D eigenvalue weighted by Crippen LogP contribution is 2.33. The van der Waals surface area contributed by atoms with E-state index >= 15 is 0 Å². The first-order valence-corrected chi connectivity index (χ1v) is 10.3. The van der Waals surface area contributed by atoms with Crippen LogP contribution >= 0.6 is 24.0 Å². The lowest BCUT2D eigenvalue weighted by atomic mass is 10.1. The van der Waals surface area contributed by atoms with Crippen LogP contribution in [-0.4, -0.2) is 32.8 Å². The highest BCUT2D eigenvalue weighted by molar-refractivity contribution is 6.31. The fourth-order valence-electron chi connectivity index (χ4n) is 4.33. The van der Waals surface area contributed by atoms with Gasteiger partial charge in [0.05, 0.1) is 12.1 Å². The summed E-state index contributed by atoms with van der Waals surface area (Å²) in [6.45, 7) is 1.20. The number of halogens is 3. The average molecular weight is 481 g/mol. The predicted octanol–water partition coefficient (Wildman–Crippen LogP) is 2.10. The number of benzene rings is 1. The van der Waals surface area contributed by atoms with Crippen molar-refractivity contribution in [3.8, 4) is 6.07 Å². The molecule has 1 atom stereocenters.